The molecule has 4 heteroatoms. The van der Waals surface area contributed by atoms with Crippen molar-refractivity contribution in [1.29, 1.82) is 0 Å². The average Bonchev–Trinajstić information content (AvgIpc) is 1.77. The Morgan fingerprint density at radius 1 is 0.700 bits per heavy atom. The van der Waals surface area contributed by atoms with Crippen LogP contribution in [0.1, 0.15) is 0 Å². The van der Waals surface area contributed by atoms with Crippen LogP contribution in [0.15, 0.2) is 24.3 Å². The second-order valence-electron chi connectivity index (χ2n) is 1.47. The number of hydrogen-bond donors (Lipinski definition) is 0. The number of ketones is 2. The summed E-state index contributed by atoms with van der Waals surface area (Å²) in [5, 5.41) is 0. The zero-order valence-electron chi connectivity index (χ0n) is 6.13. The van der Waals surface area contributed by atoms with Gasteiger partial charge in [-0.1, -0.05) is 0 Å². The van der Waals surface area contributed by atoms with Crippen LogP contribution in [0.5, 0.6) is 0 Å². The summed E-state index contributed by atoms with van der Waals surface area (Å²) in [6.45, 7) is 0. The van der Waals surface area contributed by atoms with Gasteiger partial charge in [-0.15, -0.1) is 0 Å². The fraction of sp³-hybridized carbons (Fsp3) is 0. The molecule has 0 saturated heterocycles. The van der Waals surface area contributed by atoms with Gasteiger partial charge in [-0.2, -0.15) is 0 Å². The summed E-state index contributed by atoms with van der Waals surface area (Å²) in [5.41, 5.74) is 0. The molecule has 10 heavy (non-hydrogen) atoms. The predicted molar refractivity (Wildman–Crippen MR) is 39.8 cm³/mol. The fourth-order valence-corrected chi connectivity index (χ4v) is 0.440. The van der Waals surface area contributed by atoms with E-state index in [0.717, 1.165) is 0 Å². The standard InChI is InChI=1S/C6H4O2.2Na/c7-5-1-2-6(8)4-3-5;;/h1-4H;;. The molecule has 2 radical (unpaired) electrons. The van der Waals surface area contributed by atoms with E-state index in [9.17, 15) is 9.59 Å². The summed E-state index contributed by atoms with van der Waals surface area (Å²) in [6.07, 6.45) is 5.01. The van der Waals surface area contributed by atoms with Crippen LogP contribution in [0.3, 0.4) is 0 Å². The van der Waals surface area contributed by atoms with Crippen molar-refractivity contribution in [3.8, 4) is 0 Å². The van der Waals surface area contributed by atoms with Gasteiger partial charge in [-0.25, -0.2) is 0 Å². The fourth-order valence-electron chi connectivity index (χ4n) is 0.440. The number of rotatable bonds is 0. The minimum absolute atomic E-state index is 0. The molecule has 0 aromatic carbocycles. The van der Waals surface area contributed by atoms with Crippen LogP contribution >= 0.6 is 0 Å². The maximum Gasteiger partial charge on any atom is 0.178 e. The van der Waals surface area contributed by atoms with E-state index in [4.69, 9.17) is 0 Å². The summed E-state index contributed by atoms with van der Waals surface area (Å²) in [5.74, 6) is -0.241. The second kappa shape index (κ2) is 6.53. The Balaban J connectivity index is 0. The molecule has 0 bridgehead atoms. The van der Waals surface area contributed by atoms with Gasteiger partial charge in [0.05, 0.1) is 0 Å². The Labute approximate surface area is 103 Å². The molecule has 0 aliphatic heterocycles. The van der Waals surface area contributed by atoms with Gasteiger partial charge in [0.2, 0.25) is 0 Å². The minimum atomic E-state index is -0.121. The first-order chi connectivity index (χ1) is 3.79. The van der Waals surface area contributed by atoms with Crippen LogP contribution in [0, 0.1) is 0 Å². The smallest absolute Gasteiger partial charge is 0.178 e. The van der Waals surface area contributed by atoms with Crippen molar-refractivity contribution < 1.29 is 9.59 Å². The van der Waals surface area contributed by atoms with Gasteiger partial charge in [0.15, 0.2) is 11.6 Å². The van der Waals surface area contributed by atoms with Crippen LogP contribution in [0.2, 0.25) is 0 Å². The Kier molecular flexibility index (Phi) is 8.75. The third kappa shape index (κ3) is 4.61. The third-order valence-electron chi connectivity index (χ3n) is 0.824. The molecular formula is C6H4Na2O2. The van der Waals surface area contributed by atoms with Crippen molar-refractivity contribution in [3.05, 3.63) is 24.3 Å². The van der Waals surface area contributed by atoms with Gasteiger partial charge in [0.1, 0.15) is 0 Å². The van der Waals surface area contributed by atoms with Crippen LogP contribution in [-0.4, -0.2) is 70.7 Å². The normalized spacial score (nSPS) is 14.0. The van der Waals surface area contributed by atoms with Crippen LogP contribution < -0.4 is 0 Å². The van der Waals surface area contributed by atoms with Crippen molar-refractivity contribution in [2.45, 2.75) is 0 Å². The minimum Gasteiger partial charge on any atom is -0.290 e. The van der Waals surface area contributed by atoms with Gasteiger partial charge >= 0.3 is 0 Å². The van der Waals surface area contributed by atoms with E-state index in [0.29, 0.717) is 0 Å². The molecule has 42 valence electrons. The first-order valence-electron chi connectivity index (χ1n) is 2.23. The predicted octanol–water partition coefficient (Wildman–Crippen LogP) is -0.511. The molecule has 0 atom stereocenters. The molecule has 0 heterocycles. The summed E-state index contributed by atoms with van der Waals surface area (Å²) in [7, 11) is 0. The molecule has 0 aromatic rings. The molecule has 0 aromatic heterocycles. The van der Waals surface area contributed by atoms with Gasteiger partial charge in [-0.05, 0) is 24.3 Å². The van der Waals surface area contributed by atoms with E-state index in [1.807, 2.05) is 0 Å². The zero-order valence-corrected chi connectivity index (χ0v) is 10.1. The van der Waals surface area contributed by atoms with Crippen LogP contribution in [-0.2, 0) is 9.59 Å². The number of carbonyl (C=O) groups excluding carboxylic acids is 2. The van der Waals surface area contributed by atoms with Crippen molar-refractivity contribution in [2.75, 3.05) is 0 Å². The molecule has 0 amide bonds. The van der Waals surface area contributed by atoms with Crippen molar-refractivity contribution in [1.82, 2.24) is 0 Å². The van der Waals surface area contributed by atoms with Crippen molar-refractivity contribution in [2.24, 2.45) is 0 Å². The molecule has 0 fully saturated rings. The summed E-state index contributed by atoms with van der Waals surface area (Å²) in [6, 6.07) is 0. The first-order valence-corrected chi connectivity index (χ1v) is 2.23. The van der Waals surface area contributed by atoms with E-state index in [2.05, 4.69) is 0 Å². The Bertz CT molecular complexity index is 156. The Morgan fingerprint density at radius 3 is 1.10 bits per heavy atom. The van der Waals surface area contributed by atoms with E-state index >= 15 is 0 Å². The topological polar surface area (TPSA) is 34.1 Å². The van der Waals surface area contributed by atoms with Gasteiger partial charge in [-0.3, -0.25) is 9.59 Å². The van der Waals surface area contributed by atoms with Crippen LogP contribution in [0.4, 0.5) is 0 Å². The van der Waals surface area contributed by atoms with Gasteiger partial charge in [0.25, 0.3) is 0 Å². The first kappa shape index (κ1) is 13.4. The van der Waals surface area contributed by atoms with Crippen LogP contribution in [0.25, 0.3) is 0 Å². The Morgan fingerprint density at radius 2 is 0.900 bits per heavy atom. The maximum atomic E-state index is 10.3. The molecule has 2 nitrogen and oxygen atoms in total. The Hall–Kier alpha value is 0.820. The molecule has 0 saturated carbocycles. The van der Waals surface area contributed by atoms with Crippen molar-refractivity contribution in [3.63, 3.8) is 0 Å². The summed E-state index contributed by atoms with van der Waals surface area (Å²) < 4.78 is 0. The second-order valence-corrected chi connectivity index (χ2v) is 1.47. The monoisotopic (exact) mass is 154 g/mol. The SMILES string of the molecule is O=C1C=CC(=O)C=C1.[Na].[Na]. The van der Waals surface area contributed by atoms with E-state index in [1.165, 1.54) is 24.3 Å². The van der Waals surface area contributed by atoms with Gasteiger partial charge < -0.3 is 0 Å². The third-order valence-corrected chi connectivity index (χ3v) is 0.824. The molecule has 1 rings (SSSR count). The molecule has 0 N–H and O–H groups in total. The van der Waals surface area contributed by atoms with Gasteiger partial charge in [0, 0.05) is 59.1 Å². The van der Waals surface area contributed by atoms with E-state index in [-0.39, 0.29) is 70.7 Å². The zero-order chi connectivity index (χ0) is 5.98. The molecule has 1 aliphatic rings. The number of allylic oxidation sites excluding steroid dienone is 4. The number of carbonyl (C=O) groups is 2. The van der Waals surface area contributed by atoms with E-state index in [1.54, 1.807) is 0 Å². The molecule has 1 aliphatic carbocycles. The van der Waals surface area contributed by atoms with Crippen molar-refractivity contribution >= 4 is 70.7 Å². The van der Waals surface area contributed by atoms with E-state index < -0.39 is 0 Å². The summed E-state index contributed by atoms with van der Waals surface area (Å²) in [4.78, 5) is 20.6. The summed E-state index contributed by atoms with van der Waals surface area (Å²) >= 11 is 0. The molecule has 0 spiro atoms. The number of hydrogen-bond acceptors (Lipinski definition) is 2. The quantitative estimate of drug-likeness (QED) is 0.348. The molecular weight excluding hydrogens is 150 g/mol. The average molecular weight is 154 g/mol. The maximum absolute atomic E-state index is 10.3. The molecule has 0 unspecified atom stereocenters. The largest absolute Gasteiger partial charge is 0.290 e.